The van der Waals surface area contributed by atoms with Crippen LogP contribution in [0.15, 0.2) is 71.2 Å². The Kier molecular flexibility index (Phi) is 9.44. The summed E-state index contributed by atoms with van der Waals surface area (Å²) in [5, 5.41) is 22.6. The molecule has 48 heavy (non-hydrogen) atoms. The number of anilines is 2. The number of amides is 3. The second-order valence-corrected chi connectivity index (χ2v) is 18.7. The van der Waals surface area contributed by atoms with Crippen LogP contribution in [0.3, 0.4) is 0 Å². The molecule has 254 valence electrons. The molecule has 12 heteroatoms. The Morgan fingerprint density at radius 3 is 2.52 bits per heavy atom. The van der Waals surface area contributed by atoms with Gasteiger partial charge in [0.1, 0.15) is 6.10 Å². The van der Waals surface area contributed by atoms with Crippen molar-refractivity contribution in [3.05, 3.63) is 93.5 Å². The fourth-order valence-corrected chi connectivity index (χ4v) is 10.8. The third-order valence-corrected chi connectivity index (χ3v) is 13.1. The Morgan fingerprint density at radius 1 is 1.10 bits per heavy atom. The van der Waals surface area contributed by atoms with Crippen LogP contribution in [0.2, 0.25) is 18.6 Å². The van der Waals surface area contributed by atoms with E-state index in [-0.39, 0.29) is 37.4 Å². The maximum atomic E-state index is 14.8. The molecule has 3 aromatic carbocycles. The minimum Gasteiger partial charge on any atom is -0.432 e. The largest absolute Gasteiger partial charge is 0.432 e. The number of rotatable bonds is 8. The van der Waals surface area contributed by atoms with Crippen molar-refractivity contribution >= 4 is 53.3 Å². The Labute approximate surface area is 290 Å². The monoisotopic (exact) mass is 735 g/mol. The number of fused-ring (bicyclic) bond motifs is 3. The number of hydrogen-bond acceptors (Lipinski definition) is 7. The molecule has 0 aromatic heterocycles. The quantitative estimate of drug-likeness (QED) is 0.251. The van der Waals surface area contributed by atoms with Crippen molar-refractivity contribution in [3.63, 3.8) is 0 Å². The molecule has 6 atom stereocenters. The predicted molar refractivity (Wildman–Crippen MR) is 187 cm³/mol. The van der Waals surface area contributed by atoms with Crippen molar-refractivity contribution in [2.45, 2.75) is 82.3 Å². The maximum Gasteiger partial charge on any atom is 0.264 e. The molecule has 4 N–H and O–H groups in total. The van der Waals surface area contributed by atoms with Crippen LogP contribution in [0.1, 0.15) is 42.5 Å². The number of hydrogen-bond donors (Lipinski definition) is 4. The third kappa shape index (κ3) is 6.14. The Bertz CT molecular complexity index is 1750. The number of nitrogens with zero attached hydrogens (tertiary/aromatic N) is 2. The van der Waals surface area contributed by atoms with Gasteiger partial charge in [-0.3, -0.25) is 14.4 Å². The van der Waals surface area contributed by atoms with Gasteiger partial charge in [-0.05, 0) is 73.5 Å². The lowest BCUT2D eigenvalue weighted by molar-refractivity contribution is -0.151. The Hall–Kier alpha value is -3.39. The molecule has 3 aliphatic rings. The third-order valence-electron chi connectivity index (χ3n) is 10.1. The first kappa shape index (κ1) is 34.5. The van der Waals surface area contributed by atoms with Crippen molar-refractivity contribution in [1.29, 1.82) is 0 Å². The highest BCUT2D eigenvalue weighted by Gasteiger charge is 2.66. The minimum atomic E-state index is -3.02. The van der Waals surface area contributed by atoms with Gasteiger partial charge in [-0.1, -0.05) is 59.3 Å². The Morgan fingerprint density at radius 2 is 1.83 bits per heavy atom. The maximum absolute atomic E-state index is 14.8. The number of benzene rings is 3. The summed E-state index contributed by atoms with van der Waals surface area (Å²) in [6.07, 6.45) is -1.39. The van der Waals surface area contributed by atoms with Gasteiger partial charge in [0.25, 0.3) is 11.8 Å². The van der Waals surface area contributed by atoms with E-state index >= 15 is 0 Å². The first-order chi connectivity index (χ1) is 22.7. The minimum absolute atomic E-state index is 0.0337. The van der Waals surface area contributed by atoms with E-state index in [4.69, 9.17) is 4.74 Å². The average Bonchev–Trinajstić information content (AvgIpc) is 3.46. The van der Waals surface area contributed by atoms with Crippen LogP contribution < -0.4 is 10.2 Å². The SMILES string of the molecule is C[C@H](O)C(=O)Nc1cccc(CN2C(=O)[C@@]3(O[C@@H](CC(=O)N4Cc5ccccc5C[C@H]4CO)[C@H]([Si](C)(C)O)[C@H]3C)c3cc(Br)ccc32)c1. The topological polar surface area (TPSA) is 140 Å². The summed E-state index contributed by atoms with van der Waals surface area (Å²) in [6, 6.07) is 20.3. The lowest BCUT2D eigenvalue weighted by atomic mass is 9.82. The lowest BCUT2D eigenvalue weighted by Gasteiger charge is -2.37. The van der Waals surface area contributed by atoms with Gasteiger partial charge < -0.3 is 34.9 Å². The zero-order chi connectivity index (χ0) is 34.5. The molecule has 10 nitrogen and oxygen atoms in total. The first-order valence-electron chi connectivity index (χ1n) is 16.3. The van der Waals surface area contributed by atoms with E-state index in [0.717, 1.165) is 21.2 Å². The molecule has 1 fully saturated rings. The number of nitrogens with one attached hydrogen (secondary N) is 1. The summed E-state index contributed by atoms with van der Waals surface area (Å²) < 4.78 is 7.66. The van der Waals surface area contributed by atoms with Gasteiger partial charge in [-0.2, -0.15) is 0 Å². The number of ether oxygens (including phenoxy) is 1. The molecule has 3 amide bonds. The molecule has 1 saturated heterocycles. The van der Waals surface area contributed by atoms with E-state index in [2.05, 4.69) is 21.2 Å². The molecular formula is C36H42BrN3O7Si. The number of aliphatic hydroxyl groups is 2. The van der Waals surface area contributed by atoms with Crippen LogP contribution >= 0.6 is 15.9 Å². The summed E-state index contributed by atoms with van der Waals surface area (Å²) in [4.78, 5) is 56.1. The van der Waals surface area contributed by atoms with E-state index in [1.54, 1.807) is 28.0 Å². The van der Waals surface area contributed by atoms with Gasteiger partial charge >= 0.3 is 0 Å². The summed E-state index contributed by atoms with van der Waals surface area (Å²) in [5.74, 6) is -1.46. The van der Waals surface area contributed by atoms with Crippen molar-refractivity contribution in [2.75, 3.05) is 16.8 Å². The second kappa shape index (κ2) is 13.1. The van der Waals surface area contributed by atoms with Gasteiger partial charge in [-0.15, -0.1) is 0 Å². The number of halogens is 1. The van der Waals surface area contributed by atoms with Crippen molar-refractivity contribution in [1.82, 2.24) is 4.90 Å². The zero-order valence-electron chi connectivity index (χ0n) is 27.5. The first-order valence-corrected chi connectivity index (χ1v) is 20.1. The number of carbonyl (C=O) groups excluding carboxylic acids is 3. The molecular weight excluding hydrogens is 694 g/mol. The summed E-state index contributed by atoms with van der Waals surface area (Å²) >= 11 is 3.58. The normalized spacial score (nSPS) is 25.6. The van der Waals surface area contributed by atoms with E-state index in [9.17, 15) is 29.4 Å². The van der Waals surface area contributed by atoms with Gasteiger partial charge in [0, 0.05) is 33.7 Å². The van der Waals surface area contributed by atoms with Gasteiger partial charge in [0.2, 0.25) is 5.91 Å². The van der Waals surface area contributed by atoms with Crippen LogP contribution in [-0.4, -0.2) is 70.8 Å². The van der Waals surface area contributed by atoms with Crippen LogP contribution in [0.25, 0.3) is 0 Å². The molecule has 0 bridgehead atoms. The van der Waals surface area contributed by atoms with E-state index in [0.29, 0.717) is 29.9 Å². The molecule has 0 radical (unpaired) electrons. The fraction of sp³-hybridized carbons (Fsp3) is 0.417. The number of aliphatic hydroxyl groups excluding tert-OH is 2. The standard InChI is InChI=1S/C36H42BrN3O7Si/c1-21-33(48(3,4)46)31(17-32(43)39-19-25-10-6-5-9-24(25)15-28(39)20-41)47-36(21)29-16-26(37)12-13-30(29)40(35(36)45)18-23-8-7-11-27(14-23)38-34(44)22(2)42/h5-14,16,21-22,28,31,33,41-42,46H,15,17-20H2,1-4H3,(H,38,44)/t21-,22+,28+,31+,33-,36+/m1/s1. The van der Waals surface area contributed by atoms with Gasteiger partial charge in [0.05, 0.1) is 37.4 Å². The van der Waals surface area contributed by atoms with Crippen LogP contribution in [0.4, 0.5) is 11.4 Å². The van der Waals surface area contributed by atoms with Crippen LogP contribution in [-0.2, 0) is 44.2 Å². The van der Waals surface area contributed by atoms with Crippen molar-refractivity contribution in [3.8, 4) is 0 Å². The fourth-order valence-electron chi connectivity index (χ4n) is 7.92. The summed E-state index contributed by atoms with van der Waals surface area (Å²) in [6.45, 7) is 7.36. The molecule has 0 unspecified atom stereocenters. The molecule has 3 heterocycles. The molecule has 1 spiro atoms. The van der Waals surface area contributed by atoms with Crippen molar-refractivity contribution in [2.24, 2.45) is 5.92 Å². The average molecular weight is 737 g/mol. The van der Waals surface area contributed by atoms with Gasteiger partial charge in [-0.25, -0.2) is 0 Å². The highest BCUT2D eigenvalue weighted by Crippen LogP contribution is 2.60. The van der Waals surface area contributed by atoms with E-state index < -0.39 is 43.5 Å². The smallest absolute Gasteiger partial charge is 0.264 e. The Balaban J connectivity index is 1.33. The highest BCUT2D eigenvalue weighted by atomic mass is 79.9. The summed E-state index contributed by atoms with van der Waals surface area (Å²) in [7, 11) is -3.02. The predicted octanol–water partition coefficient (Wildman–Crippen LogP) is 4.45. The second-order valence-electron chi connectivity index (χ2n) is 13.8. The van der Waals surface area contributed by atoms with Crippen molar-refractivity contribution < 1.29 is 34.1 Å². The molecule has 3 aliphatic heterocycles. The van der Waals surface area contributed by atoms with E-state index in [1.807, 2.05) is 68.5 Å². The lowest BCUT2D eigenvalue weighted by Crippen LogP contribution is -2.48. The molecule has 0 aliphatic carbocycles. The van der Waals surface area contributed by atoms with Crippen LogP contribution in [0, 0.1) is 5.92 Å². The number of carbonyl (C=O) groups is 3. The van der Waals surface area contributed by atoms with Gasteiger partial charge in [0.15, 0.2) is 13.9 Å². The molecule has 6 rings (SSSR count). The highest BCUT2D eigenvalue weighted by molar-refractivity contribution is 9.10. The summed E-state index contributed by atoms with van der Waals surface area (Å²) in [5.41, 5.74) is 2.86. The zero-order valence-corrected chi connectivity index (χ0v) is 30.1. The molecule has 0 saturated carbocycles. The van der Waals surface area contributed by atoms with E-state index in [1.165, 1.54) is 6.92 Å². The van der Waals surface area contributed by atoms with Crippen LogP contribution in [0.5, 0.6) is 0 Å². The molecule has 3 aromatic rings.